The van der Waals surface area contributed by atoms with Gasteiger partial charge in [-0.1, -0.05) is 26.8 Å². The first-order valence-corrected chi connectivity index (χ1v) is 7.45. The standard InChI is InChI=1S/C16H28N2O/c1-5-10-17-14(4)15-8-9-16(18-12-15)19-11-6-7-13(2)3/h8-9,12-14,17H,5-7,10-11H2,1-4H3. The zero-order chi connectivity index (χ0) is 14.1. The van der Waals surface area contributed by atoms with E-state index in [-0.39, 0.29) is 0 Å². The van der Waals surface area contributed by atoms with Gasteiger partial charge in [-0.05, 0) is 44.2 Å². The minimum Gasteiger partial charge on any atom is -0.478 e. The van der Waals surface area contributed by atoms with E-state index in [1.165, 1.54) is 12.0 Å². The zero-order valence-corrected chi connectivity index (χ0v) is 12.8. The van der Waals surface area contributed by atoms with Crippen LogP contribution in [-0.2, 0) is 0 Å². The van der Waals surface area contributed by atoms with Crippen LogP contribution in [0.5, 0.6) is 5.88 Å². The van der Waals surface area contributed by atoms with E-state index >= 15 is 0 Å². The molecule has 0 amide bonds. The SMILES string of the molecule is CCCNC(C)c1ccc(OCCCC(C)C)nc1. The van der Waals surface area contributed by atoms with E-state index < -0.39 is 0 Å². The van der Waals surface area contributed by atoms with Gasteiger partial charge in [-0.25, -0.2) is 4.98 Å². The van der Waals surface area contributed by atoms with Crippen molar-refractivity contribution < 1.29 is 4.74 Å². The third kappa shape index (κ3) is 6.58. The topological polar surface area (TPSA) is 34.1 Å². The molecule has 3 nitrogen and oxygen atoms in total. The summed E-state index contributed by atoms with van der Waals surface area (Å²) in [6.07, 6.45) is 5.35. The molecule has 1 aromatic heterocycles. The quantitative estimate of drug-likeness (QED) is 0.686. The Morgan fingerprint density at radius 2 is 2.05 bits per heavy atom. The number of rotatable bonds is 9. The van der Waals surface area contributed by atoms with Gasteiger partial charge in [0.15, 0.2) is 0 Å². The van der Waals surface area contributed by atoms with E-state index in [2.05, 4.69) is 44.1 Å². The fourth-order valence-electron chi connectivity index (χ4n) is 1.88. The first-order valence-electron chi connectivity index (χ1n) is 7.45. The fourth-order valence-corrected chi connectivity index (χ4v) is 1.88. The molecule has 1 aromatic rings. The molecule has 1 atom stereocenters. The van der Waals surface area contributed by atoms with Crippen LogP contribution in [0.3, 0.4) is 0 Å². The normalized spacial score (nSPS) is 12.7. The van der Waals surface area contributed by atoms with Gasteiger partial charge in [0.25, 0.3) is 0 Å². The lowest BCUT2D eigenvalue weighted by Gasteiger charge is -2.13. The molecule has 3 heteroatoms. The van der Waals surface area contributed by atoms with Crippen LogP contribution in [0.15, 0.2) is 18.3 Å². The number of nitrogens with zero attached hydrogens (tertiary/aromatic N) is 1. The molecular formula is C16H28N2O. The maximum Gasteiger partial charge on any atom is 0.213 e. The maximum absolute atomic E-state index is 5.64. The first kappa shape index (κ1) is 16.0. The van der Waals surface area contributed by atoms with Gasteiger partial charge in [0.2, 0.25) is 5.88 Å². The molecule has 0 aromatic carbocycles. The summed E-state index contributed by atoms with van der Waals surface area (Å²) >= 11 is 0. The third-order valence-corrected chi connectivity index (χ3v) is 3.14. The summed E-state index contributed by atoms with van der Waals surface area (Å²) in [5.41, 5.74) is 1.21. The van der Waals surface area contributed by atoms with Gasteiger partial charge in [-0.15, -0.1) is 0 Å². The summed E-state index contributed by atoms with van der Waals surface area (Å²) < 4.78 is 5.64. The molecule has 0 fully saturated rings. The first-order chi connectivity index (χ1) is 9.13. The van der Waals surface area contributed by atoms with Crippen LogP contribution in [0.4, 0.5) is 0 Å². The number of ether oxygens (including phenoxy) is 1. The van der Waals surface area contributed by atoms with E-state index in [1.54, 1.807) is 0 Å². The molecule has 19 heavy (non-hydrogen) atoms. The largest absolute Gasteiger partial charge is 0.478 e. The molecule has 1 rings (SSSR count). The van der Waals surface area contributed by atoms with Gasteiger partial charge in [0, 0.05) is 18.3 Å². The van der Waals surface area contributed by atoms with Crippen LogP contribution in [0, 0.1) is 5.92 Å². The van der Waals surface area contributed by atoms with Crippen molar-refractivity contribution in [2.24, 2.45) is 5.92 Å². The summed E-state index contributed by atoms with van der Waals surface area (Å²) in [6.45, 7) is 10.6. The van der Waals surface area contributed by atoms with Crippen molar-refractivity contribution in [3.8, 4) is 5.88 Å². The van der Waals surface area contributed by atoms with Gasteiger partial charge < -0.3 is 10.1 Å². The number of aromatic nitrogens is 1. The van der Waals surface area contributed by atoms with Crippen LogP contribution < -0.4 is 10.1 Å². The van der Waals surface area contributed by atoms with Crippen LogP contribution in [-0.4, -0.2) is 18.1 Å². The number of hydrogen-bond donors (Lipinski definition) is 1. The van der Waals surface area contributed by atoms with Gasteiger partial charge >= 0.3 is 0 Å². The van der Waals surface area contributed by atoms with Gasteiger partial charge in [0.05, 0.1) is 6.61 Å². The van der Waals surface area contributed by atoms with Crippen LogP contribution in [0.2, 0.25) is 0 Å². The fraction of sp³-hybridized carbons (Fsp3) is 0.688. The summed E-state index contributed by atoms with van der Waals surface area (Å²) in [4.78, 5) is 4.36. The second-order valence-electron chi connectivity index (χ2n) is 5.49. The van der Waals surface area contributed by atoms with Gasteiger partial charge in [-0.3, -0.25) is 0 Å². The molecule has 0 saturated heterocycles. The van der Waals surface area contributed by atoms with E-state index in [0.717, 1.165) is 37.8 Å². The Kier molecular flexibility index (Phi) is 7.49. The third-order valence-electron chi connectivity index (χ3n) is 3.14. The molecule has 0 saturated carbocycles. The van der Waals surface area contributed by atoms with Crippen LogP contribution in [0.1, 0.15) is 58.6 Å². The maximum atomic E-state index is 5.64. The Labute approximate surface area is 117 Å². The molecule has 1 N–H and O–H groups in total. The zero-order valence-electron chi connectivity index (χ0n) is 12.8. The smallest absolute Gasteiger partial charge is 0.213 e. The predicted molar refractivity (Wildman–Crippen MR) is 80.5 cm³/mol. The average Bonchev–Trinajstić information content (AvgIpc) is 2.41. The molecule has 1 heterocycles. The summed E-state index contributed by atoms with van der Waals surface area (Å²) in [6, 6.07) is 4.41. The van der Waals surface area contributed by atoms with Crippen molar-refractivity contribution in [2.75, 3.05) is 13.2 Å². The second-order valence-corrected chi connectivity index (χ2v) is 5.49. The Hall–Kier alpha value is -1.09. The minimum absolute atomic E-state index is 0.349. The lowest BCUT2D eigenvalue weighted by molar-refractivity contribution is 0.287. The molecule has 0 aliphatic carbocycles. The van der Waals surface area contributed by atoms with E-state index in [1.807, 2.05) is 12.3 Å². The number of hydrogen-bond acceptors (Lipinski definition) is 3. The molecule has 1 unspecified atom stereocenters. The number of pyridine rings is 1. The molecule has 0 spiro atoms. The summed E-state index contributed by atoms with van der Waals surface area (Å²) in [5.74, 6) is 1.47. The Bertz CT molecular complexity index is 335. The number of nitrogens with one attached hydrogen (secondary N) is 1. The minimum atomic E-state index is 0.349. The molecule has 0 bridgehead atoms. The van der Waals surface area contributed by atoms with E-state index in [4.69, 9.17) is 4.74 Å². The molecule has 0 radical (unpaired) electrons. The van der Waals surface area contributed by atoms with Crippen molar-refractivity contribution in [3.63, 3.8) is 0 Å². The van der Waals surface area contributed by atoms with Crippen LogP contribution in [0.25, 0.3) is 0 Å². The van der Waals surface area contributed by atoms with E-state index in [0.29, 0.717) is 6.04 Å². The highest BCUT2D eigenvalue weighted by molar-refractivity contribution is 5.20. The average molecular weight is 264 g/mol. The Morgan fingerprint density at radius 1 is 1.26 bits per heavy atom. The van der Waals surface area contributed by atoms with Crippen LogP contribution >= 0.6 is 0 Å². The van der Waals surface area contributed by atoms with Crippen molar-refractivity contribution in [1.82, 2.24) is 10.3 Å². The Morgan fingerprint density at radius 3 is 2.63 bits per heavy atom. The van der Waals surface area contributed by atoms with E-state index in [9.17, 15) is 0 Å². The van der Waals surface area contributed by atoms with Crippen molar-refractivity contribution in [1.29, 1.82) is 0 Å². The van der Waals surface area contributed by atoms with Crippen molar-refractivity contribution in [3.05, 3.63) is 23.9 Å². The van der Waals surface area contributed by atoms with Crippen molar-refractivity contribution in [2.45, 2.75) is 53.0 Å². The van der Waals surface area contributed by atoms with Gasteiger partial charge in [0.1, 0.15) is 0 Å². The molecule has 0 aliphatic heterocycles. The van der Waals surface area contributed by atoms with Gasteiger partial charge in [-0.2, -0.15) is 0 Å². The lowest BCUT2D eigenvalue weighted by Crippen LogP contribution is -2.19. The second kappa shape index (κ2) is 8.92. The highest BCUT2D eigenvalue weighted by atomic mass is 16.5. The molecule has 0 aliphatic rings. The Balaban J connectivity index is 2.34. The highest BCUT2D eigenvalue weighted by Gasteiger charge is 2.05. The molecule has 108 valence electrons. The highest BCUT2D eigenvalue weighted by Crippen LogP contribution is 2.15. The lowest BCUT2D eigenvalue weighted by atomic mass is 10.1. The monoisotopic (exact) mass is 264 g/mol. The van der Waals surface area contributed by atoms with Crippen molar-refractivity contribution >= 4 is 0 Å². The molecular weight excluding hydrogens is 236 g/mol. The summed E-state index contributed by atoms with van der Waals surface area (Å²) in [7, 11) is 0. The predicted octanol–water partition coefficient (Wildman–Crippen LogP) is 3.96. The summed E-state index contributed by atoms with van der Waals surface area (Å²) in [5, 5.41) is 3.45.